The second kappa shape index (κ2) is 9.28. The summed E-state index contributed by atoms with van der Waals surface area (Å²) in [6.45, 7) is 1.81. The molecule has 0 aliphatic rings. The van der Waals surface area contributed by atoms with Gasteiger partial charge >= 0.3 is 0 Å². The molecule has 28 heavy (non-hydrogen) atoms. The fourth-order valence-corrected chi connectivity index (χ4v) is 3.57. The minimum Gasteiger partial charge on any atom is -0.497 e. The Morgan fingerprint density at radius 2 is 1.96 bits per heavy atom. The van der Waals surface area contributed by atoms with Gasteiger partial charge in [-0.25, -0.2) is 10.4 Å². The van der Waals surface area contributed by atoms with Crippen molar-refractivity contribution in [3.8, 4) is 5.75 Å². The number of hydrogen-bond acceptors (Lipinski definition) is 5. The number of fused-ring (bicyclic) bond motifs is 1. The first-order valence-electron chi connectivity index (χ1n) is 8.35. The molecule has 0 radical (unpaired) electrons. The molecule has 0 saturated carbocycles. The van der Waals surface area contributed by atoms with Gasteiger partial charge in [0.25, 0.3) is 5.91 Å². The first-order chi connectivity index (χ1) is 13.5. The third-order valence-corrected chi connectivity index (χ3v) is 5.55. The minimum atomic E-state index is -0.323. The summed E-state index contributed by atoms with van der Waals surface area (Å²) in [5, 5.41) is 5.53. The average Bonchev–Trinajstić information content (AvgIpc) is 2.69. The molecule has 0 aliphatic heterocycles. The second-order valence-electron chi connectivity index (χ2n) is 5.88. The third-order valence-electron chi connectivity index (χ3n) is 3.88. The van der Waals surface area contributed by atoms with Gasteiger partial charge in [0.1, 0.15) is 10.9 Å². The molecular weight excluding hydrogens is 417 g/mol. The van der Waals surface area contributed by atoms with Gasteiger partial charge in [-0.3, -0.25) is 4.79 Å². The summed E-state index contributed by atoms with van der Waals surface area (Å²) in [6, 6.07) is 14.7. The van der Waals surface area contributed by atoms with E-state index in [0.29, 0.717) is 21.5 Å². The number of hydrazone groups is 1. The van der Waals surface area contributed by atoms with Crippen molar-refractivity contribution in [3.63, 3.8) is 0 Å². The normalized spacial score (nSPS) is 12.3. The second-order valence-corrected chi connectivity index (χ2v) is 8.08. The Morgan fingerprint density at radius 3 is 2.68 bits per heavy atom. The van der Waals surface area contributed by atoms with Crippen LogP contribution in [0.3, 0.4) is 0 Å². The molecule has 1 unspecified atom stereocenters. The van der Waals surface area contributed by atoms with Gasteiger partial charge < -0.3 is 4.74 Å². The van der Waals surface area contributed by atoms with E-state index in [2.05, 4.69) is 15.5 Å². The lowest BCUT2D eigenvalue weighted by Crippen LogP contribution is -2.26. The summed E-state index contributed by atoms with van der Waals surface area (Å²) in [7, 11) is 1.60. The van der Waals surface area contributed by atoms with E-state index in [1.807, 2.05) is 37.3 Å². The Morgan fingerprint density at radius 1 is 1.21 bits per heavy atom. The van der Waals surface area contributed by atoms with Crippen LogP contribution in [-0.2, 0) is 4.79 Å². The first-order valence-corrected chi connectivity index (χ1v) is 9.99. The molecule has 1 amide bonds. The van der Waals surface area contributed by atoms with Crippen LogP contribution in [0.5, 0.6) is 5.75 Å². The molecule has 1 atom stereocenters. The lowest BCUT2D eigenvalue weighted by atomic mass is 10.1. The van der Waals surface area contributed by atoms with Gasteiger partial charge in [-0.15, -0.1) is 11.8 Å². The Hall–Kier alpha value is -2.28. The Kier molecular flexibility index (Phi) is 6.78. The Labute approximate surface area is 177 Å². The standard InChI is InChI=1S/C20H17Cl2N3O2S/c1-12(28-17-7-4-15(21)5-8-17)20(26)25-23-11-14-9-13-3-6-16(27-2)10-18(13)24-19(14)22/h3-12H,1-2H3,(H,25,26). The van der Waals surface area contributed by atoms with Gasteiger partial charge in [0, 0.05) is 26.9 Å². The molecule has 0 aliphatic carbocycles. The summed E-state index contributed by atoms with van der Waals surface area (Å²) >= 11 is 13.5. The summed E-state index contributed by atoms with van der Waals surface area (Å²) in [6.07, 6.45) is 1.48. The number of methoxy groups -OCH3 is 1. The van der Waals surface area contributed by atoms with Crippen molar-refractivity contribution in [2.24, 2.45) is 5.10 Å². The largest absolute Gasteiger partial charge is 0.497 e. The molecule has 0 fully saturated rings. The molecule has 3 rings (SSSR count). The highest BCUT2D eigenvalue weighted by atomic mass is 35.5. The molecular formula is C20H17Cl2N3O2S. The maximum Gasteiger partial charge on any atom is 0.253 e. The van der Waals surface area contributed by atoms with Gasteiger partial charge in [-0.1, -0.05) is 23.2 Å². The third kappa shape index (κ3) is 5.16. The number of rotatable bonds is 6. The van der Waals surface area contributed by atoms with E-state index in [9.17, 15) is 4.79 Å². The van der Waals surface area contributed by atoms with E-state index < -0.39 is 0 Å². The molecule has 0 bridgehead atoms. The smallest absolute Gasteiger partial charge is 0.253 e. The lowest BCUT2D eigenvalue weighted by molar-refractivity contribution is -0.120. The quantitative estimate of drug-likeness (QED) is 0.251. The van der Waals surface area contributed by atoms with Crippen LogP contribution in [0.2, 0.25) is 10.2 Å². The highest BCUT2D eigenvalue weighted by Crippen LogP contribution is 2.25. The molecule has 2 aromatic carbocycles. The fourth-order valence-electron chi connectivity index (χ4n) is 2.38. The van der Waals surface area contributed by atoms with Crippen molar-refractivity contribution < 1.29 is 9.53 Å². The van der Waals surface area contributed by atoms with Crippen LogP contribution < -0.4 is 10.2 Å². The fraction of sp³-hybridized carbons (Fsp3) is 0.150. The molecule has 1 N–H and O–H groups in total. The number of nitrogens with one attached hydrogen (secondary N) is 1. The van der Waals surface area contributed by atoms with E-state index in [0.717, 1.165) is 15.8 Å². The lowest BCUT2D eigenvalue weighted by Gasteiger charge is -2.09. The van der Waals surface area contributed by atoms with Gasteiger partial charge in [0.05, 0.1) is 24.1 Å². The molecule has 5 nitrogen and oxygen atoms in total. The zero-order chi connectivity index (χ0) is 20.1. The van der Waals surface area contributed by atoms with Gasteiger partial charge in [-0.05, 0) is 49.4 Å². The van der Waals surface area contributed by atoms with Crippen LogP contribution in [0.15, 0.2) is 58.5 Å². The Balaban J connectivity index is 1.65. The maximum absolute atomic E-state index is 12.2. The van der Waals surface area contributed by atoms with Gasteiger partial charge in [-0.2, -0.15) is 5.10 Å². The number of ether oxygens (including phenoxy) is 1. The SMILES string of the molecule is COc1ccc2cc(C=NNC(=O)C(C)Sc3ccc(Cl)cc3)c(Cl)nc2c1. The highest BCUT2D eigenvalue weighted by Gasteiger charge is 2.13. The van der Waals surface area contributed by atoms with E-state index in [4.69, 9.17) is 27.9 Å². The highest BCUT2D eigenvalue weighted by molar-refractivity contribution is 8.00. The predicted molar refractivity (Wildman–Crippen MR) is 116 cm³/mol. The zero-order valence-electron chi connectivity index (χ0n) is 15.1. The van der Waals surface area contributed by atoms with Crippen LogP contribution in [0.4, 0.5) is 0 Å². The average molecular weight is 434 g/mol. The molecule has 0 spiro atoms. The molecule has 1 heterocycles. The van der Waals surface area contributed by atoms with E-state index >= 15 is 0 Å². The van der Waals surface area contributed by atoms with Gasteiger partial charge in [0.2, 0.25) is 0 Å². The molecule has 144 valence electrons. The monoisotopic (exact) mass is 433 g/mol. The van der Waals surface area contributed by atoms with E-state index in [1.165, 1.54) is 18.0 Å². The van der Waals surface area contributed by atoms with Gasteiger partial charge in [0.15, 0.2) is 0 Å². The van der Waals surface area contributed by atoms with Crippen LogP contribution in [-0.4, -0.2) is 29.5 Å². The van der Waals surface area contributed by atoms with Crippen molar-refractivity contribution in [2.75, 3.05) is 7.11 Å². The van der Waals surface area contributed by atoms with Crippen molar-refractivity contribution in [1.82, 2.24) is 10.4 Å². The molecule has 3 aromatic rings. The van der Waals surface area contributed by atoms with Crippen molar-refractivity contribution in [1.29, 1.82) is 0 Å². The van der Waals surface area contributed by atoms with Crippen LogP contribution in [0.25, 0.3) is 10.9 Å². The number of amides is 1. The summed E-state index contributed by atoms with van der Waals surface area (Å²) in [4.78, 5) is 17.5. The number of pyridine rings is 1. The molecule has 1 aromatic heterocycles. The first kappa shape index (κ1) is 20.5. The summed E-state index contributed by atoms with van der Waals surface area (Å²) in [5.41, 5.74) is 3.86. The molecule has 0 saturated heterocycles. The number of aromatic nitrogens is 1. The van der Waals surface area contributed by atoms with Crippen LogP contribution in [0.1, 0.15) is 12.5 Å². The van der Waals surface area contributed by atoms with Crippen LogP contribution in [0, 0.1) is 0 Å². The topological polar surface area (TPSA) is 63.6 Å². The minimum absolute atomic E-state index is 0.217. The number of carbonyl (C=O) groups excluding carboxylic acids is 1. The van der Waals surface area contributed by atoms with E-state index in [1.54, 1.807) is 25.3 Å². The Bertz CT molecular complexity index is 1030. The number of benzene rings is 2. The number of thioether (sulfide) groups is 1. The predicted octanol–water partition coefficient (Wildman–Crippen LogP) is 5.18. The number of halogens is 2. The zero-order valence-corrected chi connectivity index (χ0v) is 17.5. The van der Waals surface area contributed by atoms with Crippen molar-refractivity contribution in [2.45, 2.75) is 17.1 Å². The summed E-state index contributed by atoms with van der Waals surface area (Å²) in [5.74, 6) is 0.489. The number of nitrogens with zero attached hydrogens (tertiary/aromatic N) is 2. The summed E-state index contributed by atoms with van der Waals surface area (Å²) < 4.78 is 5.19. The van der Waals surface area contributed by atoms with Crippen molar-refractivity contribution >= 4 is 58.0 Å². The molecule has 8 heteroatoms. The maximum atomic E-state index is 12.2. The van der Waals surface area contributed by atoms with E-state index in [-0.39, 0.29) is 11.2 Å². The number of hydrogen-bond donors (Lipinski definition) is 1. The number of carbonyl (C=O) groups is 1. The van der Waals surface area contributed by atoms with Crippen molar-refractivity contribution in [3.05, 3.63) is 64.3 Å². The van der Waals surface area contributed by atoms with Crippen LogP contribution >= 0.6 is 35.0 Å².